The van der Waals surface area contributed by atoms with Crippen molar-refractivity contribution in [1.29, 1.82) is 0 Å². The van der Waals surface area contributed by atoms with Crippen molar-refractivity contribution < 1.29 is 10.2 Å². The van der Waals surface area contributed by atoms with Crippen LogP contribution in [0.15, 0.2) is 24.3 Å². The summed E-state index contributed by atoms with van der Waals surface area (Å²) in [5, 5.41) is 18.9. The predicted octanol–water partition coefficient (Wildman–Crippen LogP) is 1.69. The normalized spacial score (nSPS) is 15.1. The first-order valence-corrected chi connectivity index (χ1v) is 5.67. The minimum Gasteiger partial charge on any atom is -0.394 e. The minimum absolute atomic E-state index is 0.153. The van der Waals surface area contributed by atoms with Crippen LogP contribution in [0.5, 0.6) is 0 Å². The number of hydrogen-bond acceptors (Lipinski definition) is 3. The molecule has 4 heteroatoms. The lowest BCUT2D eigenvalue weighted by Crippen LogP contribution is -2.33. The van der Waals surface area contributed by atoms with Crippen LogP contribution >= 0.6 is 11.6 Å². The highest BCUT2D eigenvalue weighted by Crippen LogP contribution is 2.21. The molecule has 0 bridgehead atoms. The van der Waals surface area contributed by atoms with Gasteiger partial charge in [-0.05, 0) is 31.7 Å². The fourth-order valence-corrected chi connectivity index (χ4v) is 1.77. The van der Waals surface area contributed by atoms with E-state index in [0.29, 0.717) is 11.6 Å². The highest BCUT2D eigenvalue weighted by Gasteiger charge is 2.14. The number of aliphatic hydroxyl groups is 2. The van der Waals surface area contributed by atoms with E-state index in [4.69, 9.17) is 16.7 Å². The Morgan fingerprint density at radius 3 is 2.69 bits per heavy atom. The first-order chi connectivity index (χ1) is 7.54. The first kappa shape index (κ1) is 13.5. The van der Waals surface area contributed by atoms with Crippen LogP contribution in [0.25, 0.3) is 0 Å². The Labute approximate surface area is 101 Å². The van der Waals surface area contributed by atoms with Crippen LogP contribution in [0.1, 0.15) is 18.5 Å². The second kappa shape index (κ2) is 6.21. The van der Waals surface area contributed by atoms with Gasteiger partial charge in [0.1, 0.15) is 0 Å². The Bertz CT molecular complexity index is 333. The van der Waals surface area contributed by atoms with Crippen molar-refractivity contribution in [2.75, 3.05) is 20.2 Å². The van der Waals surface area contributed by atoms with Gasteiger partial charge in [-0.1, -0.05) is 23.7 Å². The van der Waals surface area contributed by atoms with Crippen molar-refractivity contribution in [2.45, 2.75) is 19.1 Å². The van der Waals surface area contributed by atoms with E-state index in [1.165, 1.54) is 0 Å². The molecule has 3 nitrogen and oxygen atoms in total. The zero-order chi connectivity index (χ0) is 12.1. The third kappa shape index (κ3) is 3.76. The number of halogens is 1. The van der Waals surface area contributed by atoms with Gasteiger partial charge in [0.05, 0.1) is 12.7 Å². The maximum Gasteiger partial charge on any atom is 0.0897 e. The lowest BCUT2D eigenvalue weighted by molar-refractivity contribution is 0.0566. The van der Waals surface area contributed by atoms with Crippen LogP contribution in [-0.4, -0.2) is 41.4 Å². The van der Waals surface area contributed by atoms with E-state index in [2.05, 4.69) is 0 Å². The maximum atomic E-state index is 9.36. The molecular weight excluding hydrogens is 226 g/mol. The van der Waals surface area contributed by atoms with Gasteiger partial charge < -0.3 is 10.2 Å². The van der Waals surface area contributed by atoms with Gasteiger partial charge in [-0.15, -0.1) is 0 Å². The Balaban J connectivity index is 2.66. The summed E-state index contributed by atoms with van der Waals surface area (Å²) in [5.74, 6) is 0. The van der Waals surface area contributed by atoms with Crippen molar-refractivity contribution in [3.63, 3.8) is 0 Å². The summed E-state index contributed by atoms with van der Waals surface area (Å²) in [6, 6.07) is 7.80. The Hall–Kier alpha value is -0.610. The van der Waals surface area contributed by atoms with E-state index in [0.717, 1.165) is 5.56 Å². The Kier molecular flexibility index (Phi) is 5.22. The third-order valence-corrected chi connectivity index (χ3v) is 2.94. The SMILES string of the molecule is CC(c1cccc(Cl)c1)N(C)CC(O)CO. The predicted molar refractivity (Wildman–Crippen MR) is 65.6 cm³/mol. The van der Waals surface area contributed by atoms with Gasteiger partial charge in [0, 0.05) is 17.6 Å². The number of rotatable bonds is 5. The molecule has 0 radical (unpaired) electrons. The largest absolute Gasteiger partial charge is 0.394 e. The fourth-order valence-electron chi connectivity index (χ4n) is 1.57. The molecule has 0 aliphatic heterocycles. The van der Waals surface area contributed by atoms with Crippen LogP contribution in [-0.2, 0) is 0 Å². The molecule has 0 heterocycles. The van der Waals surface area contributed by atoms with Crippen molar-refractivity contribution >= 4 is 11.6 Å². The number of aliphatic hydroxyl groups excluding tert-OH is 2. The van der Waals surface area contributed by atoms with Crippen molar-refractivity contribution in [2.24, 2.45) is 0 Å². The van der Waals surface area contributed by atoms with E-state index < -0.39 is 6.10 Å². The second-order valence-electron chi connectivity index (χ2n) is 4.01. The standard InChI is InChI=1S/C12H18ClNO2/c1-9(14(2)7-12(16)8-15)10-4-3-5-11(13)6-10/h3-6,9,12,15-16H,7-8H2,1-2H3. The molecule has 0 aromatic heterocycles. The molecule has 0 aliphatic carbocycles. The molecule has 90 valence electrons. The summed E-state index contributed by atoms with van der Waals surface area (Å²) in [7, 11) is 1.91. The average Bonchev–Trinajstić information content (AvgIpc) is 2.27. The maximum absolute atomic E-state index is 9.36. The van der Waals surface area contributed by atoms with Gasteiger partial charge in [-0.2, -0.15) is 0 Å². The Morgan fingerprint density at radius 2 is 2.12 bits per heavy atom. The molecule has 0 saturated carbocycles. The number of benzene rings is 1. The molecule has 0 amide bonds. The summed E-state index contributed by atoms with van der Waals surface area (Å²) in [6.45, 7) is 2.26. The highest BCUT2D eigenvalue weighted by molar-refractivity contribution is 6.30. The van der Waals surface area contributed by atoms with E-state index in [1.807, 2.05) is 43.1 Å². The molecule has 1 aromatic carbocycles. The van der Waals surface area contributed by atoms with Gasteiger partial charge in [-0.25, -0.2) is 0 Å². The molecule has 1 rings (SSSR count). The topological polar surface area (TPSA) is 43.7 Å². The summed E-state index contributed by atoms with van der Waals surface area (Å²) < 4.78 is 0. The van der Waals surface area contributed by atoms with Gasteiger partial charge in [-0.3, -0.25) is 4.90 Å². The molecule has 2 unspecified atom stereocenters. The van der Waals surface area contributed by atoms with Gasteiger partial charge in [0.25, 0.3) is 0 Å². The van der Waals surface area contributed by atoms with Crippen LogP contribution in [0.4, 0.5) is 0 Å². The van der Waals surface area contributed by atoms with E-state index >= 15 is 0 Å². The molecule has 2 N–H and O–H groups in total. The van der Waals surface area contributed by atoms with E-state index in [1.54, 1.807) is 0 Å². The molecule has 1 aromatic rings. The molecule has 0 fully saturated rings. The quantitative estimate of drug-likeness (QED) is 0.827. The minimum atomic E-state index is -0.702. The fraction of sp³-hybridized carbons (Fsp3) is 0.500. The van der Waals surface area contributed by atoms with E-state index in [9.17, 15) is 5.11 Å². The van der Waals surface area contributed by atoms with Gasteiger partial charge >= 0.3 is 0 Å². The van der Waals surface area contributed by atoms with Crippen LogP contribution in [0.2, 0.25) is 5.02 Å². The molecule has 16 heavy (non-hydrogen) atoms. The van der Waals surface area contributed by atoms with E-state index in [-0.39, 0.29) is 12.6 Å². The van der Waals surface area contributed by atoms with Crippen LogP contribution < -0.4 is 0 Å². The molecular formula is C12H18ClNO2. The third-order valence-electron chi connectivity index (χ3n) is 2.70. The molecule has 2 atom stereocenters. The first-order valence-electron chi connectivity index (χ1n) is 5.29. The summed E-state index contributed by atoms with van der Waals surface area (Å²) >= 11 is 5.92. The molecule has 0 spiro atoms. The van der Waals surface area contributed by atoms with Crippen LogP contribution in [0, 0.1) is 0 Å². The number of hydrogen-bond donors (Lipinski definition) is 2. The lowest BCUT2D eigenvalue weighted by atomic mass is 10.1. The summed E-state index contributed by atoms with van der Waals surface area (Å²) in [5.41, 5.74) is 1.10. The second-order valence-corrected chi connectivity index (χ2v) is 4.44. The number of nitrogens with zero attached hydrogens (tertiary/aromatic N) is 1. The van der Waals surface area contributed by atoms with Gasteiger partial charge in [0.15, 0.2) is 0 Å². The number of likely N-dealkylation sites (N-methyl/N-ethyl adjacent to an activating group) is 1. The van der Waals surface area contributed by atoms with Crippen LogP contribution in [0.3, 0.4) is 0 Å². The average molecular weight is 244 g/mol. The lowest BCUT2D eigenvalue weighted by Gasteiger charge is -2.26. The zero-order valence-corrected chi connectivity index (χ0v) is 10.4. The van der Waals surface area contributed by atoms with Gasteiger partial charge in [0.2, 0.25) is 0 Å². The highest BCUT2D eigenvalue weighted by atomic mass is 35.5. The monoisotopic (exact) mass is 243 g/mol. The summed E-state index contributed by atoms with van der Waals surface area (Å²) in [6.07, 6.45) is -0.702. The smallest absolute Gasteiger partial charge is 0.0897 e. The van der Waals surface area contributed by atoms with Crippen molar-refractivity contribution in [3.05, 3.63) is 34.9 Å². The molecule has 0 saturated heterocycles. The summed E-state index contributed by atoms with van der Waals surface area (Å²) in [4.78, 5) is 1.98. The zero-order valence-electron chi connectivity index (χ0n) is 9.60. The van der Waals surface area contributed by atoms with Crippen molar-refractivity contribution in [3.8, 4) is 0 Å². The Morgan fingerprint density at radius 1 is 1.44 bits per heavy atom. The van der Waals surface area contributed by atoms with Crippen molar-refractivity contribution in [1.82, 2.24) is 4.90 Å². The molecule has 0 aliphatic rings.